The maximum Gasteiger partial charge on any atom is 0.263 e. The van der Waals surface area contributed by atoms with Crippen LogP contribution in [0, 0.1) is 0 Å². The molecular formula is C19H19N3O4S3. The van der Waals surface area contributed by atoms with Crippen molar-refractivity contribution in [2.75, 3.05) is 31.0 Å². The minimum atomic E-state index is -3.75. The van der Waals surface area contributed by atoms with E-state index in [2.05, 4.69) is 9.71 Å². The van der Waals surface area contributed by atoms with Gasteiger partial charge in [0.25, 0.3) is 10.0 Å². The van der Waals surface area contributed by atoms with Crippen molar-refractivity contribution in [3.8, 4) is 11.1 Å². The normalized spacial score (nSPS) is 14.7. The molecule has 29 heavy (non-hydrogen) atoms. The first-order valence-electron chi connectivity index (χ1n) is 8.97. The molecule has 4 rings (SSSR count). The first kappa shape index (κ1) is 20.0. The van der Waals surface area contributed by atoms with Gasteiger partial charge in [-0.2, -0.15) is 11.3 Å². The number of amides is 1. The van der Waals surface area contributed by atoms with Gasteiger partial charge < -0.3 is 9.64 Å². The van der Waals surface area contributed by atoms with Gasteiger partial charge in [-0.05, 0) is 40.1 Å². The van der Waals surface area contributed by atoms with Crippen LogP contribution in [0.1, 0.15) is 5.69 Å². The van der Waals surface area contributed by atoms with E-state index < -0.39 is 10.0 Å². The van der Waals surface area contributed by atoms with Gasteiger partial charge >= 0.3 is 0 Å². The van der Waals surface area contributed by atoms with Crippen LogP contribution >= 0.6 is 22.7 Å². The summed E-state index contributed by atoms with van der Waals surface area (Å²) in [5, 5.41) is 5.94. The molecule has 1 N–H and O–H groups in total. The number of nitrogens with one attached hydrogen (secondary N) is 1. The highest BCUT2D eigenvalue weighted by molar-refractivity contribution is 7.93. The lowest BCUT2D eigenvalue weighted by Crippen LogP contribution is -2.41. The largest absolute Gasteiger partial charge is 0.378 e. The third-order valence-corrected chi connectivity index (χ3v) is 7.46. The van der Waals surface area contributed by atoms with Crippen molar-refractivity contribution in [1.82, 2.24) is 9.88 Å². The molecule has 1 aliphatic rings. The smallest absolute Gasteiger partial charge is 0.263 e. The third kappa shape index (κ3) is 4.84. The molecule has 0 aliphatic carbocycles. The van der Waals surface area contributed by atoms with E-state index in [-0.39, 0.29) is 22.4 Å². The Balaban J connectivity index is 1.41. The number of morpholine rings is 1. The number of carbonyl (C=O) groups excluding carboxylic acids is 1. The SMILES string of the molecule is O=C(Cc1csc(NS(=O)(=O)c2ccc(-c3ccsc3)cc2)n1)N1CCOCC1. The number of ether oxygens (including phenoxy) is 1. The Kier molecular flexibility index (Phi) is 5.95. The van der Waals surface area contributed by atoms with Crippen LogP contribution < -0.4 is 4.72 Å². The van der Waals surface area contributed by atoms with E-state index in [0.717, 1.165) is 11.1 Å². The fraction of sp³-hybridized carbons (Fsp3) is 0.263. The maximum atomic E-state index is 12.6. The Morgan fingerprint density at radius 3 is 2.55 bits per heavy atom. The molecule has 3 aromatic rings. The predicted molar refractivity (Wildman–Crippen MR) is 114 cm³/mol. The monoisotopic (exact) mass is 449 g/mol. The number of sulfonamides is 1. The van der Waals surface area contributed by atoms with Crippen LogP contribution in [0.4, 0.5) is 5.13 Å². The van der Waals surface area contributed by atoms with E-state index in [1.807, 2.05) is 16.8 Å². The van der Waals surface area contributed by atoms with Gasteiger partial charge in [0, 0.05) is 18.5 Å². The second kappa shape index (κ2) is 8.62. The van der Waals surface area contributed by atoms with Crippen LogP contribution in [0.3, 0.4) is 0 Å². The summed E-state index contributed by atoms with van der Waals surface area (Å²) >= 11 is 2.76. The molecule has 1 aliphatic heterocycles. The molecule has 1 fully saturated rings. The van der Waals surface area contributed by atoms with Gasteiger partial charge in [-0.15, -0.1) is 11.3 Å². The molecule has 3 heterocycles. The molecule has 1 saturated heterocycles. The van der Waals surface area contributed by atoms with E-state index in [0.29, 0.717) is 32.0 Å². The Morgan fingerprint density at radius 1 is 1.10 bits per heavy atom. The zero-order chi connectivity index (χ0) is 20.3. The van der Waals surface area contributed by atoms with Crippen molar-refractivity contribution in [1.29, 1.82) is 0 Å². The van der Waals surface area contributed by atoms with Crippen LogP contribution in [0.25, 0.3) is 11.1 Å². The van der Waals surface area contributed by atoms with Gasteiger partial charge in [-0.25, -0.2) is 13.4 Å². The summed E-state index contributed by atoms with van der Waals surface area (Å²) in [6.07, 6.45) is 0.146. The molecule has 0 spiro atoms. The molecule has 10 heteroatoms. The number of benzene rings is 1. The average molecular weight is 450 g/mol. The quantitative estimate of drug-likeness (QED) is 0.625. The number of thiazole rings is 1. The van der Waals surface area contributed by atoms with Crippen molar-refractivity contribution >= 4 is 43.7 Å². The van der Waals surface area contributed by atoms with E-state index >= 15 is 0 Å². The van der Waals surface area contributed by atoms with Crippen LogP contribution in [-0.2, 0) is 26.0 Å². The van der Waals surface area contributed by atoms with Crippen molar-refractivity contribution in [2.24, 2.45) is 0 Å². The van der Waals surface area contributed by atoms with Crippen molar-refractivity contribution in [3.05, 3.63) is 52.2 Å². The van der Waals surface area contributed by atoms with E-state index in [1.165, 1.54) is 11.3 Å². The van der Waals surface area contributed by atoms with Crippen LogP contribution in [0.5, 0.6) is 0 Å². The highest BCUT2D eigenvalue weighted by Crippen LogP contribution is 2.25. The summed E-state index contributed by atoms with van der Waals surface area (Å²) in [5.41, 5.74) is 2.57. The number of rotatable bonds is 6. The Bertz CT molecular complexity index is 1070. The summed E-state index contributed by atoms with van der Waals surface area (Å²) in [4.78, 5) is 18.5. The van der Waals surface area contributed by atoms with Crippen molar-refractivity contribution in [2.45, 2.75) is 11.3 Å². The zero-order valence-corrected chi connectivity index (χ0v) is 17.9. The summed E-state index contributed by atoms with van der Waals surface area (Å²) in [6.45, 7) is 2.23. The Morgan fingerprint density at radius 2 is 1.86 bits per heavy atom. The zero-order valence-electron chi connectivity index (χ0n) is 15.4. The van der Waals surface area contributed by atoms with Crippen LogP contribution in [0.15, 0.2) is 51.4 Å². The summed E-state index contributed by atoms with van der Waals surface area (Å²) < 4.78 is 33.0. The van der Waals surface area contributed by atoms with Gasteiger partial charge in [-0.3, -0.25) is 9.52 Å². The van der Waals surface area contributed by atoms with Crippen LogP contribution in [-0.4, -0.2) is 50.5 Å². The summed E-state index contributed by atoms with van der Waals surface area (Å²) in [7, 11) is -3.75. The van der Waals surface area contributed by atoms with Gasteiger partial charge in [0.2, 0.25) is 5.91 Å². The molecule has 152 valence electrons. The number of thiophene rings is 1. The fourth-order valence-corrected chi connectivity index (χ4v) is 5.57. The number of anilines is 1. The third-order valence-electron chi connectivity index (χ3n) is 4.49. The molecule has 7 nitrogen and oxygen atoms in total. The van der Waals surface area contributed by atoms with E-state index in [4.69, 9.17) is 4.74 Å². The fourth-order valence-electron chi connectivity index (χ4n) is 2.94. The maximum absolute atomic E-state index is 12.6. The number of aromatic nitrogens is 1. The first-order valence-corrected chi connectivity index (χ1v) is 12.3. The van der Waals surface area contributed by atoms with Crippen molar-refractivity contribution in [3.63, 3.8) is 0 Å². The molecule has 1 aromatic carbocycles. The average Bonchev–Trinajstić information content (AvgIpc) is 3.41. The highest BCUT2D eigenvalue weighted by atomic mass is 32.2. The molecule has 1 amide bonds. The predicted octanol–water partition coefficient (Wildman–Crippen LogP) is 3.07. The molecule has 0 radical (unpaired) electrons. The van der Waals surface area contributed by atoms with Gasteiger partial charge in [0.1, 0.15) is 0 Å². The molecule has 0 bridgehead atoms. The van der Waals surface area contributed by atoms with Crippen molar-refractivity contribution < 1.29 is 17.9 Å². The molecular weight excluding hydrogens is 430 g/mol. The topological polar surface area (TPSA) is 88.6 Å². The second-order valence-electron chi connectivity index (χ2n) is 6.46. The Labute approximate surface area is 177 Å². The number of nitrogens with zero attached hydrogens (tertiary/aromatic N) is 2. The Hall–Kier alpha value is -2.27. The van der Waals surface area contributed by atoms with Gasteiger partial charge in [-0.1, -0.05) is 12.1 Å². The number of carbonyl (C=O) groups is 1. The van der Waals surface area contributed by atoms with E-state index in [1.54, 1.807) is 45.9 Å². The standard InChI is InChI=1S/C19H19N3O4S3/c23-18(22-6-8-26-9-7-22)11-16-13-28-19(20-16)21-29(24,25)17-3-1-14(2-4-17)15-5-10-27-12-15/h1-5,10,12-13H,6-9,11H2,(H,20,21). The lowest BCUT2D eigenvalue weighted by molar-refractivity contribution is -0.134. The minimum absolute atomic E-state index is 0.0305. The number of hydrogen-bond acceptors (Lipinski definition) is 7. The first-order chi connectivity index (χ1) is 14.0. The number of hydrogen-bond donors (Lipinski definition) is 1. The molecule has 0 atom stereocenters. The lowest BCUT2D eigenvalue weighted by atomic mass is 10.1. The summed E-state index contributed by atoms with van der Waals surface area (Å²) in [6, 6.07) is 8.70. The molecule has 0 unspecified atom stereocenters. The van der Waals surface area contributed by atoms with Gasteiger partial charge in [0.05, 0.1) is 30.2 Å². The minimum Gasteiger partial charge on any atom is -0.378 e. The van der Waals surface area contributed by atoms with Crippen LogP contribution in [0.2, 0.25) is 0 Å². The highest BCUT2D eigenvalue weighted by Gasteiger charge is 2.20. The van der Waals surface area contributed by atoms with Gasteiger partial charge in [0.15, 0.2) is 5.13 Å². The van der Waals surface area contributed by atoms with E-state index in [9.17, 15) is 13.2 Å². The lowest BCUT2D eigenvalue weighted by Gasteiger charge is -2.26. The summed E-state index contributed by atoms with van der Waals surface area (Å²) in [5.74, 6) is -0.0305. The second-order valence-corrected chi connectivity index (χ2v) is 9.78. The molecule has 0 saturated carbocycles. The molecule has 2 aromatic heterocycles.